The van der Waals surface area contributed by atoms with Crippen LogP contribution in [0.15, 0.2) is 42.5 Å². The third kappa shape index (κ3) is 1.82. The zero-order chi connectivity index (χ0) is 14.3. The van der Waals surface area contributed by atoms with Crippen molar-refractivity contribution in [3.63, 3.8) is 0 Å². The van der Waals surface area contributed by atoms with Crippen LogP contribution in [-0.2, 0) is 4.79 Å². The van der Waals surface area contributed by atoms with Crippen molar-refractivity contribution in [2.45, 2.75) is 12.3 Å². The number of carbonyl (C=O) groups excluding carboxylic acids is 2. The quantitative estimate of drug-likeness (QED) is 0.528. The number of hydrogen-bond donors (Lipinski definition) is 0. The fourth-order valence-corrected chi connectivity index (χ4v) is 2.71. The van der Waals surface area contributed by atoms with Crippen LogP contribution < -0.4 is 0 Å². The number of alkyl halides is 1. The average molecular weight is 286 g/mol. The van der Waals surface area contributed by atoms with Crippen molar-refractivity contribution in [2.24, 2.45) is 0 Å². The van der Waals surface area contributed by atoms with Gasteiger partial charge in [-0.05, 0) is 17.7 Å². The van der Waals surface area contributed by atoms with Crippen LogP contribution in [0.3, 0.4) is 0 Å². The summed E-state index contributed by atoms with van der Waals surface area (Å²) in [6.07, 6.45) is 0.684. The van der Waals surface area contributed by atoms with Crippen LogP contribution in [0.5, 0.6) is 0 Å². The lowest BCUT2D eigenvalue weighted by molar-refractivity contribution is -0.107. The highest BCUT2D eigenvalue weighted by atomic mass is 35.5. The van der Waals surface area contributed by atoms with Crippen molar-refractivity contribution in [1.82, 2.24) is 4.57 Å². The van der Waals surface area contributed by atoms with Crippen molar-refractivity contribution in [3.05, 3.63) is 48.0 Å². The maximum absolute atomic E-state index is 11.9. The van der Waals surface area contributed by atoms with E-state index >= 15 is 0 Å². The van der Waals surface area contributed by atoms with E-state index < -0.39 is 5.38 Å². The number of halogens is 1. The molecule has 0 spiro atoms. The highest BCUT2D eigenvalue weighted by molar-refractivity contribution is 6.28. The molecule has 100 valence electrons. The topological polar surface area (TPSA) is 39.1 Å². The summed E-state index contributed by atoms with van der Waals surface area (Å²) < 4.78 is 1.66. The van der Waals surface area contributed by atoms with Crippen LogP contribution >= 0.6 is 11.6 Å². The van der Waals surface area contributed by atoms with Crippen molar-refractivity contribution in [2.75, 3.05) is 0 Å². The molecule has 0 aliphatic carbocycles. The largest absolute Gasteiger partial charge is 0.301 e. The molecular weight excluding hydrogens is 274 g/mol. The van der Waals surface area contributed by atoms with Crippen molar-refractivity contribution < 1.29 is 9.59 Å². The molecule has 3 aromatic rings. The standard InChI is InChI=1S/C16H12ClNO2/c1-10(20)18-15-5-3-2-4-12(15)13-7-6-11(8-16(13)18)14(17)9-19/h2-9,14H,1H3. The Hall–Kier alpha value is -2.13. The first kappa shape index (κ1) is 12.9. The van der Waals surface area contributed by atoms with Gasteiger partial charge in [0, 0.05) is 17.7 Å². The van der Waals surface area contributed by atoms with Gasteiger partial charge in [-0.1, -0.05) is 30.3 Å². The van der Waals surface area contributed by atoms with E-state index in [0.29, 0.717) is 11.8 Å². The minimum absolute atomic E-state index is 0.0643. The van der Waals surface area contributed by atoms with Crippen molar-refractivity contribution >= 4 is 45.6 Å². The van der Waals surface area contributed by atoms with Crippen LogP contribution in [0, 0.1) is 0 Å². The Morgan fingerprint density at radius 2 is 1.85 bits per heavy atom. The molecule has 0 aliphatic heterocycles. The fraction of sp³-hybridized carbons (Fsp3) is 0.125. The molecule has 20 heavy (non-hydrogen) atoms. The Morgan fingerprint density at radius 3 is 2.55 bits per heavy atom. The number of carbonyl (C=O) groups is 2. The Labute approximate surface area is 120 Å². The maximum Gasteiger partial charge on any atom is 0.228 e. The van der Waals surface area contributed by atoms with E-state index in [4.69, 9.17) is 11.6 Å². The molecule has 3 nitrogen and oxygen atoms in total. The average Bonchev–Trinajstić information content (AvgIpc) is 2.80. The van der Waals surface area contributed by atoms with Gasteiger partial charge in [0.25, 0.3) is 0 Å². The van der Waals surface area contributed by atoms with Crippen LogP contribution in [0.4, 0.5) is 0 Å². The van der Waals surface area contributed by atoms with Gasteiger partial charge in [-0.3, -0.25) is 9.36 Å². The lowest BCUT2D eigenvalue weighted by Crippen LogP contribution is -2.05. The number of nitrogens with zero attached hydrogens (tertiary/aromatic N) is 1. The number of aldehydes is 1. The number of hydrogen-bond acceptors (Lipinski definition) is 2. The molecule has 1 heterocycles. The molecule has 1 atom stereocenters. The summed E-state index contributed by atoms with van der Waals surface area (Å²) in [7, 11) is 0. The molecule has 0 saturated carbocycles. The van der Waals surface area contributed by atoms with Crippen molar-refractivity contribution in [1.29, 1.82) is 0 Å². The molecule has 1 aromatic heterocycles. The molecular formula is C16H12ClNO2. The molecule has 0 amide bonds. The summed E-state index contributed by atoms with van der Waals surface area (Å²) in [6.45, 7) is 1.52. The molecule has 0 saturated heterocycles. The number of benzene rings is 2. The first-order valence-electron chi connectivity index (χ1n) is 6.27. The second-order valence-electron chi connectivity index (χ2n) is 4.69. The van der Waals surface area contributed by atoms with Gasteiger partial charge in [0.15, 0.2) is 0 Å². The van der Waals surface area contributed by atoms with Crippen LogP contribution in [0.2, 0.25) is 0 Å². The smallest absolute Gasteiger partial charge is 0.228 e. The predicted molar refractivity (Wildman–Crippen MR) is 80.4 cm³/mol. The summed E-state index contributed by atoms with van der Waals surface area (Å²) >= 11 is 5.96. The minimum atomic E-state index is -0.696. The zero-order valence-electron chi connectivity index (χ0n) is 10.8. The Bertz CT molecular complexity index is 835. The molecule has 0 fully saturated rings. The summed E-state index contributed by atoms with van der Waals surface area (Å²) in [5, 5.41) is 1.30. The van der Waals surface area contributed by atoms with Crippen molar-refractivity contribution in [3.8, 4) is 0 Å². The van der Waals surface area contributed by atoms with E-state index in [2.05, 4.69) is 0 Å². The van der Waals surface area contributed by atoms with Crippen LogP contribution in [0.25, 0.3) is 21.8 Å². The highest BCUT2D eigenvalue weighted by Gasteiger charge is 2.15. The molecule has 0 aliphatic rings. The lowest BCUT2D eigenvalue weighted by Gasteiger charge is -2.05. The first-order valence-corrected chi connectivity index (χ1v) is 6.70. The van der Waals surface area contributed by atoms with Crippen LogP contribution in [-0.4, -0.2) is 16.8 Å². The summed E-state index contributed by atoms with van der Waals surface area (Å²) in [4.78, 5) is 22.8. The monoisotopic (exact) mass is 285 g/mol. The molecule has 0 bridgehead atoms. The van der Waals surface area contributed by atoms with E-state index in [-0.39, 0.29) is 5.91 Å². The number of para-hydroxylation sites is 1. The fourth-order valence-electron chi connectivity index (χ4n) is 2.58. The second kappa shape index (κ2) is 4.76. The lowest BCUT2D eigenvalue weighted by atomic mass is 10.1. The summed E-state index contributed by atoms with van der Waals surface area (Å²) in [5.41, 5.74) is 2.34. The van der Waals surface area contributed by atoms with Gasteiger partial charge < -0.3 is 4.79 Å². The van der Waals surface area contributed by atoms with Gasteiger partial charge in [-0.2, -0.15) is 0 Å². The van der Waals surface area contributed by atoms with E-state index in [9.17, 15) is 9.59 Å². The summed E-state index contributed by atoms with van der Waals surface area (Å²) in [5.74, 6) is -0.0643. The van der Waals surface area contributed by atoms with E-state index in [0.717, 1.165) is 21.8 Å². The van der Waals surface area contributed by atoms with Crippen LogP contribution in [0.1, 0.15) is 22.7 Å². The van der Waals surface area contributed by atoms with Gasteiger partial charge in [0.2, 0.25) is 5.91 Å². The molecule has 1 unspecified atom stereocenters. The summed E-state index contributed by atoms with van der Waals surface area (Å²) in [6, 6.07) is 13.3. The molecule has 0 N–H and O–H groups in total. The molecule has 0 radical (unpaired) electrons. The Balaban J connectivity index is 2.44. The number of rotatable bonds is 2. The van der Waals surface area contributed by atoms with Gasteiger partial charge in [-0.25, -0.2) is 0 Å². The van der Waals surface area contributed by atoms with Gasteiger partial charge >= 0.3 is 0 Å². The number of fused-ring (bicyclic) bond motifs is 3. The SMILES string of the molecule is CC(=O)n1c2ccccc2c2ccc(C(Cl)C=O)cc21. The van der Waals surface area contributed by atoms with Gasteiger partial charge in [0.05, 0.1) is 11.0 Å². The Kier molecular flexibility index (Phi) is 3.07. The second-order valence-corrected chi connectivity index (χ2v) is 5.16. The normalized spacial score (nSPS) is 12.7. The van der Waals surface area contributed by atoms with E-state index in [1.54, 1.807) is 4.57 Å². The maximum atomic E-state index is 11.9. The molecule has 3 rings (SSSR count). The van der Waals surface area contributed by atoms with E-state index in [1.807, 2.05) is 42.5 Å². The molecule has 2 aromatic carbocycles. The Morgan fingerprint density at radius 1 is 1.15 bits per heavy atom. The first-order chi connectivity index (χ1) is 9.63. The highest BCUT2D eigenvalue weighted by Crippen LogP contribution is 2.31. The zero-order valence-corrected chi connectivity index (χ0v) is 11.6. The molecule has 4 heteroatoms. The minimum Gasteiger partial charge on any atom is -0.301 e. The third-order valence-electron chi connectivity index (χ3n) is 3.45. The van der Waals surface area contributed by atoms with Gasteiger partial charge in [0.1, 0.15) is 11.7 Å². The van der Waals surface area contributed by atoms with E-state index in [1.165, 1.54) is 6.92 Å². The number of aromatic nitrogens is 1. The predicted octanol–water partition coefficient (Wildman–Crippen LogP) is 3.93. The third-order valence-corrected chi connectivity index (χ3v) is 3.81. The van der Waals surface area contributed by atoms with Gasteiger partial charge in [-0.15, -0.1) is 11.6 Å².